The van der Waals surface area contributed by atoms with Gasteiger partial charge in [0, 0.05) is 38.6 Å². The van der Waals surface area contributed by atoms with Crippen LogP contribution in [0.1, 0.15) is 30.8 Å². The largest absolute Gasteiger partial charge is 0.396 e. The fourth-order valence-electron chi connectivity index (χ4n) is 3.55. The monoisotopic (exact) mass is 549 g/mol. The normalized spacial score (nSPS) is 15.4. The van der Waals surface area contributed by atoms with Crippen LogP contribution in [0, 0.1) is 3.57 Å². The summed E-state index contributed by atoms with van der Waals surface area (Å²) in [4.78, 5) is 17.9. The van der Waals surface area contributed by atoms with Crippen molar-refractivity contribution < 1.29 is 9.90 Å². The Labute approximate surface area is 198 Å². The van der Waals surface area contributed by atoms with E-state index in [1.165, 1.54) is 0 Å². The number of aromatic nitrogens is 3. The Kier molecular flexibility index (Phi) is 6.59. The number of nitrogens with zero attached hydrogens (tertiary/aromatic N) is 3. The van der Waals surface area contributed by atoms with E-state index in [0.717, 1.165) is 9.13 Å². The summed E-state index contributed by atoms with van der Waals surface area (Å²) in [6.07, 6.45) is 1.10. The van der Waals surface area contributed by atoms with Crippen molar-refractivity contribution in [2.45, 2.75) is 25.8 Å². The van der Waals surface area contributed by atoms with Crippen molar-refractivity contribution in [2.75, 3.05) is 17.2 Å². The maximum Gasteiger partial charge on any atom is 0.255 e. The Bertz CT molecular complexity index is 1140. The van der Waals surface area contributed by atoms with Gasteiger partial charge in [0.2, 0.25) is 5.95 Å². The minimum Gasteiger partial charge on any atom is -0.396 e. The van der Waals surface area contributed by atoms with E-state index in [4.69, 9.17) is 16.7 Å². The number of amides is 1. The minimum atomic E-state index is -0.538. The molecule has 0 saturated heterocycles. The number of carbonyl (C=O) groups excluding carboxylic acids is 1. The van der Waals surface area contributed by atoms with Gasteiger partial charge in [-0.25, -0.2) is 4.68 Å². The molecule has 2 aromatic carbocycles. The Morgan fingerprint density at radius 2 is 2.00 bits per heavy atom. The first-order valence-corrected chi connectivity index (χ1v) is 11.3. The molecule has 3 N–H and O–H groups in total. The van der Waals surface area contributed by atoms with Crippen LogP contribution in [-0.4, -0.2) is 32.4 Å². The molecule has 1 unspecified atom stereocenters. The number of hydrogen-bond acceptors (Lipinski definition) is 5. The van der Waals surface area contributed by atoms with Gasteiger partial charge in [-0.1, -0.05) is 29.8 Å². The lowest BCUT2D eigenvalue weighted by Crippen LogP contribution is -2.31. The van der Waals surface area contributed by atoms with Crippen molar-refractivity contribution in [3.05, 3.63) is 79.8 Å². The lowest BCUT2D eigenvalue weighted by molar-refractivity contribution is -0.113. The Morgan fingerprint density at radius 3 is 2.71 bits per heavy atom. The fourth-order valence-corrected chi connectivity index (χ4v) is 4.15. The Morgan fingerprint density at radius 1 is 1.26 bits per heavy atom. The molecule has 1 aromatic heterocycles. The van der Waals surface area contributed by atoms with Crippen molar-refractivity contribution in [1.82, 2.24) is 14.8 Å². The Balaban J connectivity index is 1.76. The number of anilines is 2. The molecule has 1 aliphatic rings. The highest BCUT2D eigenvalue weighted by atomic mass is 127. The molecular formula is C22H21ClIN5O2. The predicted octanol–water partition coefficient (Wildman–Crippen LogP) is 4.39. The smallest absolute Gasteiger partial charge is 0.255 e. The van der Waals surface area contributed by atoms with Crippen LogP contribution in [0.25, 0.3) is 0 Å². The molecule has 2 heterocycles. The molecule has 0 radical (unpaired) electrons. The molecule has 3 aromatic rings. The molecule has 1 atom stereocenters. The van der Waals surface area contributed by atoms with E-state index < -0.39 is 6.04 Å². The molecule has 31 heavy (non-hydrogen) atoms. The summed E-state index contributed by atoms with van der Waals surface area (Å²) in [5.74, 6) is 0.899. The van der Waals surface area contributed by atoms with E-state index in [0.29, 0.717) is 46.6 Å². The number of halogens is 2. The van der Waals surface area contributed by atoms with E-state index in [1.807, 2.05) is 49.4 Å². The summed E-state index contributed by atoms with van der Waals surface area (Å²) < 4.78 is 2.78. The summed E-state index contributed by atoms with van der Waals surface area (Å²) in [5.41, 5.74) is 2.66. The predicted molar refractivity (Wildman–Crippen MR) is 129 cm³/mol. The van der Waals surface area contributed by atoms with Gasteiger partial charge in [0.25, 0.3) is 5.91 Å². The van der Waals surface area contributed by atoms with Gasteiger partial charge in [-0.2, -0.15) is 10.1 Å². The summed E-state index contributed by atoms with van der Waals surface area (Å²) in [6, 6.07) is 14.5. The quantitative estimate of drug-likeness (QED) is 0.397. The third kappa shape index (κ3) is 4.60. The van der Waals surface area contributed by atoms with Crippen molar-refractivity contribution in [2.24, 2.45) is 0 Å². The molecule has 0 bridgehead atoms. The van der Waals surface area contributed by atoms with Gasteiger partial charge in [-0.05, 0) is 66.3 Å². The molecule has 0 fully saturated rings. The zero-order valence-corrected chi connectivity index (χ0v) is 19.7. The highest BCUT2D eigenvalue weighted by Crippen LogP contribution is 2.38. The lowest BCUT2D eigenvalue weighted by atomic mass is 9.95. The number of allylic oxidation sites excluding steroid dienone is 1. The molecule has 7 nitrogen and oxygen atoms in total. The first-order chi connectivity index (χ1) is 15.0. The van der Waals surface area contributed by atoms with Gasteiger partial charge in [-0.3, -0.25) is 4.79 Å². The van der Waals surface area contributed by atoms with Crippen LogP contribution in [0.2, 0.25) is 5.02 Å². The molecule has 0 aliphatic carbocycles. The zero-order chi connectivity index (χ0) is 22.0. The molecule has 0 saturated carbocycles. The van der Waals surface area contributed by atoms with E-state index in [-0.39, 0.29) is 12.5 Å². The molecule has 1 amide bonds. The first-order valence-electron chi connectivity index (χ1n) is 9.83. The van der Waals surface area contributed by atoms with E-state index >= 15 is 0 Å². The van der Waals surface area contributed by atoms with Crippen LogP contribution in [-0.2, 0) is 11.2 Å². The van der Waals surface area contributed by atoms with Crippen molar-refractivity contribution >= 4 is 51.7 Å². The number of aliphatic hydroxyl groups is 1. The number of benzene rings is 2. The number of aryl methyl sites for hydroxylation is 1. The van der Waals surface area contributed by atoms with Crippen molar-refractivity contribution in [3.63, 3.8) is 0 Å². The number of aliphatic hydroxyl groups excluding tert-OH is 1. The van der Waals surface area contributed by atoms with Gasteiger partial charge in [0.05, 0.1) is 5.57 Å². The minimum absolute atomic E-state index is 0.0617. The molecule has 9 heteroatoms. The summed E-state index contributed by atoms with van der Waals surface area (Å²) in [5, 5.41) is 20.5. The van der Waals surface area contributed by atoms with Gasteiger partial charge in [0.15, 0.2) is 5.82 Å². The van der Waals surface area contributed by atoms with Gasteiger partial charge < -0.3 is 15.7 Å². The molecule has 160 valence electrons. The number of rotatable bonds is 6. The van der Waals surface area contributed by atoms with E-state index in [1.54, 1.807) is 10.7 Å². The fraction of sp³-hybridized carbons (Fsp3) is 0.227. The molecule has 0 spiro atoms. The van der Waals surface area contributed by atoms with Crippen LogP contribution in [0.4, 0.5) is 11.6 Å². The molecule has 1 aliphatic heterocycles. The van der Waals surface area contributed by atoms with E-state index in [2.05, 4.69) is 43.3 Å². The second-order valence-corrected chi connectivity index (χ2v) is 8.82. The summed E-state index contributed by atoms with van der Waals surface area (Å²) >= 11 is 8.76. The third-order valence-electron chi connectivity index (χ3n) is 5.00. The van der Waals surface area contributed by atoms with Gasteiger partial charge in [-0.15, -0.1) is 0 Å². The average Bonchev–Trinajstić information content (AvgIpc) is 3.15. The highest BCUT2D eigenvalue weighted by Gasteiger charge is 2.35. The second kappa shape index (κ2) is 9.37. The van der Waals surface area contributed by atoms with Crippen LogP contribution < -0.4 is 10.6 Å². The van der Waals surface area contributed by atoms with Crippen molar-refractivity contribution in [1.29, 1.82) is 0 Å². The Hall–Kier alpha value is -2.43. The van der Waals surface area contributed by atoms with Crippen LogP contribution in [0.15, 0.2) is 59.8 Å². The highest BCUT2D eigenvalue weighted by molar-refractivity contribution is 14.1. The van der Waals surface area contributed by atoms with Gasteiger partial charge in [0.1, 0.15) is 6.04 Å². The third-order valence-corrected chi connectivity index (χ3v) is 6.06. The molecule has 4 rings (SSSR count). The van der Waals surface area contributed by atoms with Gasteiger partial charge >= 0.3 is 0 Å². The van der Waals surface area contributed by atoms with Crippen LogP contribution in [0.3, 0.4) is 0 Å². The average molecular weight is 550 g/mol. The summed E-state index contributed by atoms with van der Waals surface area (Å²) in [6.45, 7) is 1.91. The number of fused-ring (bicyclic) bond motifs is 1. The summed E-state index contributed by atoms with van der Waals surface area (Å²) in [7, 11) is 0. The maximum absolute atomic E-state index is 13.4. The number of nitrogens with one attached hydrogen (secondary N) is 2. The number of hydrogen-bond donors (Lipinski definition) is 3. The maximum atomic E-state index is 13.4. The van der Waals surface area contributed by atoms with E-state index in [9.17, 15) is 4.79 Å². The zero-order valence-electron chi connectivity index (χ0n) is 16.8. The van der Waals surface area contributed by atoms with Crippen molar-refractivity contribution in [3.8, 4) is 0 Å². The topological polar surface area (TPSA) is 92.1 Å². The van der Waals surface area contributed by atoms with Crippen LogP contribution >= 0.6 is 34.2 Å². The SMILES string of the molecule is CC1=C(C(=O)Nc2ccc(I)cc2)C(c2ccccc2Cl)n2nc(CCCO)nc2N1. The standard InChI is InChI=1S/C22H21ClIN5O2/c1-13-19(21(31)26-15-10-8-14(24)9-11-15)20(16-5-2-3-6-17(16)23)29-22(25-13)27-18(28-29)7-4-12-30/h2-3,5-6,8-11,20,30H,4,7,12H2,1H3,(H,26,31)(H,25,27,28). The van der Waals surface area contributed by atoms with Crippen LogP contribution in [0.5, 0.6) is 0 Å². The second-order valence-electron chi connectivity index (χ2n) is 7.17. The lowest BCUT2D eigenvalue weighted by Gasteiger charge is -2.29. The number of carbonyl (C=O) groups is 1. The first kappa shape index (κ1) is 21.8. The molecular weight excluding hydrogens is 529 g/mol.